The van der Waals surface area contributed by atoms with Crippen LogP contribution < -0.4 is 5.30 Å². The van der Waals surface area contributed by atoms with Gasteiger partial charge in [-0.25, -0.2) is 0 Å². The van der Waals surface area contributed by atoms with Gasteiger partial charge in [-0.2, -0.15) is 0 Å². The maximum absolute atomic E-state index is 5.50. The van der Waals surface area contributed by atoms with Gasteiger partial charge in [-0.3, -0.25) is 4.99 Å². The van der Waals surface area contributed by atoms with Gasteiger partial charge < -0.3 is 0 Å². The van der Waals surface area contributed by atoms with Crippen molar-refractivity contribution in [1.82, 2.24) is 0 Å². The molecule has 0 aliphatic rings. The fraction of sp³-hybridized carbons (Fsp3) is 0.552. The fourth-order valence-electron chi connectivity index (χ4n) is 3.95. The second kappa shape index (κ2) is 10.4. The van der Waals surface area contributed by atoms with Crippen LogP contribution in [0, 0.1) is 5.41 Å². The van der Waals surface area contributed by atoms with E-state index in [2.05, 4.69) is 113 Å². The minimum Gasteiger partial charge on any atom is -0.252 e. The highest BCUT2D eigenvalue weighted by molar-refractivity contribution is 7.66. The van der Waals surface area contributed by atoms with Crippen molar-refractivity contribution >= 4 is 25.0 Å². The topological polar surface area (TPSA) is 12.4 Å². The molecule has 1 atom stereocenters. The smallest absolute Gasteiger partial charge is 0.0702 e. The van der Waals surface area contributed by atoms with E-state index in [1.165, 1.54) is 38.7 Å². The van der Waals surface area contributed by atoms with Crippen LogP contribution in [0.4, 0.5) is 5.69 Å². The Kier molecular flexibility index (Phi) is 8.69. The minimum atomic E-state index is 0.00905. The third-order valence-corrected chi connectivity index (χ3v) is 7.82. The molecule has 0 aliphatic heterocycles. The van der Waals surface area contributed by atoms with Crippen molar-refractivity contribution in [3.8, 4) is 0 Å². The molecule has 0 bridgehead atoms. The summed E-state index contributed by atoms with van der Waals surface area (Å²) < 4.78 is 0. The van der Waals surface area contributed by atoms with Crippen molar-refractivity contribution in [2.75, 3.05) is 0 Å². The van der Waals surface area contributed by atoms with E-state index in [-0.39, 0.29) is 5.41 Å². The zero-order valence-electron chi connectivity index (χ0n) is 21.7. The molecule has 0 N–H and O–H groups in total. The first-order valence-corrected chi connectivity index (χ1v) is 13.0. The van der Waals surface area contributed by atoms with Crippen LogP contribution in [0.5, 0.6) is 0 Å². The summed E-state index contributed by atoms with van der Waals surface area (Å²) in [4.78, 5) is 5.50. The van der Waals surface area contributed by atoms with Crippen LogP contribution in [0.1, 0.15) is 122 Å². The van der Waals surface area contributed by atoms with Crippen molar-refractivity contribution in [3.63, 3.8) is 0 Å². The summed E-state index contributed by atoms with van der Waals surface area (Å²) in [6, 6.07) is 13.6. The average Bonchev–Trinajstić information content (AvgIpc) is 2.66. The van der Waals surface area contributed by atoms with E-state index >= 15 is 0 Å². The third-order valence-electron chi connectivity index (χ3n) is 5.89. The molecule has 0 radical (unpaired) electrons. The number of rotatable bonds is 7. The number of hydrogen-bond donors (Lipinski definition) is 0. The third kappa shape index (κ3) is 6.29. The van der Waals surface area contributed by atoms with E-state index in [0.29, 0.717) is 32.3 Å². The van der Waals surface area contributed by atoms with Crippen molar-refractivity contribution in [2.24, 2.45) is 10.4 Å². The molecule has 0 aliphatic carbocycles. The Morgan fingerprint density at radius 3 is 1.32 bits per heavy atom. The lowest BCUT2D eigenvalue weighted by atomic mass is 9.92. The number of benzene rings is 2. The summed E-state index contributed by atoms with van der Waals surface area (Å²) in [5, 5.41) is 1.51. The molecule has 2 rings (SSSR count). The molecule has 2 aromatic carbocycles. The fourth-order valence-corrected chi connectivity index (χ4v) is 5.76. The zero-order valence-corrected chi connectivity index (χ0v) is 22.7. The minimum absolute atomic E-state index is 0.00905. The molecular formula is C29H44NP. The van der Waals surface area contributed by atoms with Gasteiger partial charge in [-0.1, -0.05) is 113 Å². The lowest BCUT2D eigenvalue weighted by Crippen LogP contribution is -2.22. The standard InChI is InChI=1S/C29H44NP/c1-18(2)22-14-12-15-23(19(3)4)26(22)30-28(29(9,10)11)31-27-24(20(5)6)16-13-17-25(27)21(7)8/h12-21,31H,1-11H3. The number of para-hydroxylation sites is 1. The molecule has 31 heavy (non-hydrogen) atoms. The molecule has 1 unspecified atom stereocenters. The number of hydrogen-bond acceptors (Lipinski definition) is 1. The normalized spacial score (nSPS) is 13.6. The first-order valence-electron chi connectivity index (χ1n) is 12.0. The van der Waals surface area contributed by atoms with E-state index < -0.39 is 0 Å². The van der Waals surface area contributed by atoms with E-state index in [1.54, 1.807) is 0 Å². The Morgan fingerprint density at radius 2 is 1.00 bits per heavy atom. The van der Waals surface area contributed by atoms with Crippen LogP contribution in [0.3, 0.4) is 0 Å². The predicted molar refractivity (Wildman–Crippen MR) is 144 cm³/mol. The second-order valence-electron chi connectivity index (χ2n) is 11.1. The lowest BCUT2D eigenvalue weighted by Gasteiger charge is -2.27. The van der Waals surface area contributed by atoms with Crippen LogP contribution in [0.25, 0.3) is 0 Å². The van der Waals surface area contributed by atoms with Gasteiger partial charge in [0.15, 0.2) is 0 Å². The van der Waals surface area contributed by atoms with Crippen molar-refractivity contribution in [2.45, 2.75) is 99.8 Å². The zero-order chi connectivity index (χ0) is 23.5. The van der Waals surface area contributed by atoms with E-state index in [4.69, 9.17) is 4.99 Å². The Bertz CT molecular complexity index is 858. The van der Waals surface area contributed by atoms with Crippen molar-refractivity contribution in [1.29, 1.82) is 0 Å². The van der Waals surface area contributed by atoms with Gasteiger partial charge in [0.2, 0.25) is 0 Å². The van der Waals surface area contributed by atoms with E-state index in [1.807, 2.05) is 0 Å². The monoisotopic (exact) mass is 437 g/mol. The molecule has 2 heteroatoms. The van der Waals surface area contributed by atoms with Crippen LogP contribution >= 0.6 is 8.58 Å². The highest BCUT2D eigenvalue weighted by Gasteiger charge is 2.25. The largest absolute Gasteiger partial charge is 0.252 e. The Hall–Kier alpha value is -1.46. The highest BCUT2D eigenvalue weighted by Crippen LogP contribution is 2.40. The molecule has 1 nitrogen and oxygen atoms in total. The van der Waals surface area contributed by atoms with Gasteiger partial charge in [0, 0.05) is 10.9 Å². The lowest BCUT2D eigenvalue weighted by molar-refractivity contribution is 0.601. The highest BCUT2D eigenvalue weighted by atomic mass is 31.1. The molecule has 170 valence electrons. The molecule has 0 saturated carbocycles. The summed E-state index contributed by atoms with van der Waals surface area (Å²) in [5.41, 5.74) is 8.19. The van der Waals surface area contributed by atoms with Crippen molar-refractivity contribution in [3.05, 3.63) is 58.7 Å². The van der Waals surface area contributed by atoms with Gasteiger partial charge in [-0.05, 0) is 59.8 Å². The summed E-state index contributed by atoms with van der Waals surface area (Å²) in [6.45, 7) is 25.3. The molecule has 0 fully saturated rings. The molecule has 0 spiro atoms. The first kappa shape index (κ1) is 25.8. The van der Waals surface area contributed by atoms with Gasteiger partial charge in [0.25, 0.3) is 0 Å². The number of nitrogens with zero attached hydrogens (tertiary/aromatic N) is 1. The maximum atomic E-state index is 5.50. The average molecular weight is 438 g/mol. The molecule has 0 amide bonds. The quantitative estimate of drug-likeness (QED) is 0.302. The van der Waals surface area contributed by atoms with Crippen LogP contribution in [0.15, 0.2) is 41.4 Å². The summed E-state index contributed by atoms with van der Waals surface area (Å²) in [6.07, 6.45) is 0. The van der Waals surface area contributed by atoms with Crippen LogP contribution in [0.2, 0.25) is 0 Å². The van der Waals surface area contributed by atoms with Crippen LogP contribution in [-0.2, 0) is 0 Å². The van der Waals surface area contributed by atoms with Crippen LogP contribution in [-0.4, -0.2) is 5.45 Å². The summed E-state index contributed by atoms with van der Waals surface area (Å²) in [5.74, 6) is 1.93. The molecule has 2 aromatic rings. The first-order chi connectivity index (χ1) is 14.3. The number of aliphatic imine (C=N–C) groups is 1. The Labute approximate surface area is 194 Å². The SMILES string of the molecule is CC(C)c1cccc(C(C)C)c1N=C(Pc1c(C(C)C)cccc1C(C)C)C(C)(C)C. The second-order valence-corrected chi connectivity index (χ2v) is 12.3. The van der Waals surface area contributed by atoms with Crippen molar-refractivity contribution < 1.29 is 0 Å². The molecule has 0 saturated heterocycles. The van der Waals surface area contributed by atoms with Gasteiger partial charge in [0.1, 0.15) is 0 Å². The summed E-state index contributed by atoms with van der Waals surface area (Å²) in [7, 11) is 0.586. The Morgan fingerprint density at radius 1 is 0.645 bits per heavy atom. The van der Waals surface area contributed by atoms with E-state index in [9.17, 15) is 0 Å². The predicted octanol–water partition coefficient (Wildman–Crippen LogP) is 9.26. The maximum Gasteiger partial charge on any atom is 0.0702 e. The molecule has 0 aromatic heterocycles. The van der Waals surface area contributed by atoms with Gasteiger partial charge in [-0.15, -0.1) is 0 Å². The molecular weight excluding hydrogens is 393 g/mol. The van der Waals surface area contributed by atoms with Gasteiger partial charge >= 0.3 is 0 Å². The molecule has 0 heterocycles. The van der Waals surface area contributed by atoms with E-state index in [0.717, 1.165) is 0 Å². The Balaban J connectivity index is 2.76. The summed E-state index contributed by atoms with van der Waals surface area (Å²) >= 11 is 0. The van der Waals surface area contributed by atoms with Gasteiger partial charge in [0.05, 0.1) is 5.69 Å².